The van der Waals surface area contributed by atoms with Crippen molar-refractivity contribution in [2.75, 3.05) is 51.3 Å². The van der Waals surface area contributed by atoms with Crippen LogP contribution in [0.2, 0.25) is 0 Å². The van der Waals surface area contributed by atoms with Crippen molar-refractivity contribution in [3.8, 4) is 11.1 Å². The predicted octanol–water partition coefficient (Wildman–Crippen LogP) is 4.48. The topological polar surface area (TPSA) is 77.7 Å². The Morgan fingerprint density at radius 1 is 0.974 bits per heavy atom. The number of morpholine rings is 1. The van der Waals surface area contributed by atoms with Gasteiger partial charge in [-0.15, -0.1) is 0 Å². The second kappa shape index (κ2) is 10.4. The van der Waals surface area contributed by atoms with Crippen LogP contribution in [-0.4, -0.2) is 72.5 Å². The summed E-state index contributed by atoms with van der Waals surface area (Å²) in [6.45, 7) is 7.23. The number of carbonyl (C=O) groups excluding carboxylic acids is 2. The highest BCUT2D eigenvalue weighted by atomic mass is 19.2. The number of aromatic amines is 1. The number of anilines is 1. The van der Waals surface area contributed by atoms with E-state index in [1.165, 1.54) is 12.1 Å². The first-order valence-corrected chi connectivity index (χ1v) is 13.3. The second-order valence-electron chi connectivity index (χ2n) is 10.2. The van der Waals surface area contributed by atoms with Crippen molar-refractivity contribution in [1.82, 2.24) is 14.8 Å². The lowest BCUT2D eigenvalue weighted by Crippen LogP contribution is -2.43. The lowest BCUT2D eigenvalue weighted by atomic mass is 9.93. The Hall–Kier alpha value is -3.82. The molecule has 2 N–H and O–H groups in total. The molecule has 6 rings (SSSR count). The summed E-state index contributed by atoms with van der Waals surface area (Å²) < 4.78 is 34.3. The van der Waals surface area contributed by atoms with Crippen LogP contribution in [0.15, 0.2) is 36.4 Å². The molecule has 2 aromatic carbocycles. The predicted molar refractivity (Wildman–Crippen MR) is 145 cm³/mol. The van der Waals surface area contributed by atoms with Crippen molar-refractivity contribution >= 4 is 29.2 Å². The molecule has 7 nitrogen and oxygen atoms in total. The zero-order valence-electron chi connectivity index (χ0n) is 21.8. The minimum absolute atomic E-state index is 0.00652. The van der Waals surface area contributed by atoms with Crippen molar-refractivity contribution in [3.63, 3.8) is 0 Å². The fraction of sp³-hybridized carbons (Fsp3) is 0.333. The monoisotopic (exact) mass is 532 g/mol. The number of carbonyl (C=O) groups is 2. The minimum Gasteiger partial charge on any atom is -0.379 e. The van der Waals surface area contributed by atoms with Crippen molar-refractivity contribution in [2.24, 2.45) is 0 Å². The van der Waals surface area contributed by atoms with Crippen LogP contribution in [0.5, 0.6) is 0 Å². The molecule has 1 aromatic heterocycles. The maximum absolute atomic E-state index is 14.8. The van der Waals surface area contributed by atoms with Crippen molar-refractivity contribution < 1.29 is 23.1 Å². The molecular weight excluding hydrogens is 502 g/mol. The summed E-state index contributed by atoms with van der Waals surface area (Å²) in [7, 11) is 0. The molecule has 4 heterocycles. The molecular formula is C30H30F2N4O3. The maximum atomic E-state index is 14.8. The molecule has 202 valence electrons. The Bertz CT molecular complexity index is 1490. The van der Waals surface area contributed by atoms with E-state index in [-0.39, 0.29) is 17.4 Å². The quantitative estimate of drug-likeness (QED) is 0.475. The number of benzene rings is 2. The summed E-state index contributed by atoms with van der Waals surface area (Å²) in [6.07, 6.45) is 3.28. The molecule has 3 aliphatic rings. The van der Waals surface area contributed by atoms with E-state index in [1.807, 2.05) is 11.8 Å². The highest BCUT2D eigenvalue weighted by Gasteiger charge is 2.31. The summed E-state index contributed by atoms with van der Waals surface area (Å²) in [6, 6.07) is 9.13. The third-order valence-corrected chi connectivity index (χ3v) is 7.87. The van der Waals surface area contributed by atoms with Crippen LogP contribution in [-0.2, 0) is 16.0 Å². The molecule has 9 heteroatoms. The van der Waals surface area contributed by atoms with Crippen LogP contribution in [0, 0.1) is 18.6 Å². The Morgan fingerprint density at radius 3 is 2.56 bits per heavy atom. The van der Waals surface area contributed by atoms with E-state index in [4.69, 9.17) is 4.74 Å². The molecule has 1 fully saturated rings. The molecule has 1 saturated heterocycles. The third kappa shape index (κ3) is 4.66. The molecule has 0 saturated carbocycles. The molecule has 0 spiro atoms. The average Bonchev–Trinajstić information content (AvgIpc) is 3.37. The fourth-order valence-corrected chi connectivity index (χ4v) is 5.78. The van der Waals surface area contributed by atoms with Gasteiger partial charge in [0.05, 0.1) is 24.4 Å². The number of H-pyrrole nitrogens is 1. The van der Waals surface area contributed by atoms with E-state index in [1.54, 1.807) is 24.3 Å². The number of hydrogen-bond donors (Lipinski definition) is 2. The number of hydrogen-bond acceptors (Lipinski definition) is 4. The highest BCUT2D eigenvalue weighted by molar-refractivity contribution is 6.36. The zero-order chi connectivity index (χ0) is 27.1. The van der Waals surface area contributed by atoms with E-state index >= 15 is 0 Å². The molecule has 0 unspecified atom stereocenters. The maximum Gasteiger partial charge on any atom is 0.256 e. The number of aryl methyl sites for hydroxylation is 1. The van der Waals surface area contributed by atoms with Crippen LogP contribution < -0.4 is 5.32 Å². The Morgan fingerprint density at radius 2 is 1.74 bits per heavy atom. The summed E-state index contributed by atoms with van der Waals surface area (Å²) >= 11 is 0. The van der Waals surface area contributed by atoms with Crippen LogP contribution in [0.3, 0.4) is 0 Å². The number of nitrogens with one attached hydrogen (secondary N) is 2. The minimum atomic E-state index is -0.963. The van der Waals surface area contributed by atoms with Gasteiger partial charge in [-0.2, -0.15) is 0 Å². The Labute approximate surface area is 225 Å². The van der Waals surface area contributed by atoms with Gasteiger partial charge in [-0.05, 0) is 49.1 Å². The van der Waals surface area contributed by atoms with Gasteiger partial charge in [0.15, 0.2) is 11.6 Å². The first kappa shape index (κ1) is 25.5. The van der Waals surface area contributed by atoms with E-state index < -0.39 is 11.6 Å². The Kier molecular flexibility index (Phi) is 6.78. The van der Waals surface area contributed by atoms with Gasteiger partial charge in [0.25, 0.3) is 11.8 Å². The van der Waals surface area contributed by atoms with Gasteiger partial charge < -0.3 is 19.9 Å². The lowest BCUT2D eigenvalue weighted by molar-refractivity contribution is -0.110. The first-order chi connectivity index (χ1) is 18.9. The van der Waals surface area contributed by atoms with Gasteiger partial charge >= 0.3 is 0 Å². The Balaban J connectivity index is 1.34. The molecule has 0 radical (unpaired) electrons. The number of nitrogens with zero attached hydrogens (tertiary/aromatic N) is 2. The molecule has 0 atom stereocenters. The molecule has 2 amide bonds. The molecule has 39 heavy (non-hydrogen) atoms. The van der Waals surface area contributed by atoms with Gasteiger partial charge in [-0.1, -0.05) is 24.3 Å². The van der Waals surface area contributed by atoms with Crippen LogP contribution in [0.25, 0.3) is 22.8 Å². The largest absolute Gasteiger partial charge is 0.379 e. The molecule has 0 bridgehead atoms. The summed E-state index contributed by atoms with van der Waals surface area (Å²) in [5, 5.41) is 2.84. The summed E-state index contributed by atoms with van der Waals surface area (Å²) in [5.41, 5.74) is 4.83. The number of halogens is 2. The zero-order valence-corrected chi connectivity index (χ0v) is 21.8. The van der Waals surface area contributed by atoms with Gasteiger partial charge in [-0.25, -0.2) is 8.78 Å². The lowest BCUT2D eigenvalue weighted by Gasteiger charge is -2.29. The van der Waals surface area contributed by atoms with Crippen molar-refractivity contribution in [2.45, 2.75) is 19.8 Å². The number of amides is 2. The fourth-order valence-electron chi connectivity index (χ4n) is 5.78. The van der Waals surface area contributed by atoms with Gasteiger partial charge in [0.2, 0.25) is 0 Å². The standard InChI is InChI=1S/C30H30F2N4O3/c1-18-25(33-23-9-4-10-36(30(38)26(18)23)12-11-35-13-15-39-16-14-35)17-21-27-19(5-3-8-24(27)34-29(21)37)20-6-2-7-22(31)28(20)32/h2-3,5-8,17,33H,4,9-16H2,1H3,(H,34,37)/b21-17-. The average molecular weight is 533 g/mol. The smallest absolute Gasteiger partial charge is 0.256 e. The summed E-state index contributed by atoms with van der Waals surface area (Å²) in [5.74, 6) is -2.26. The SMILES string of the molecule is Cc1c(/C=C2\C(=O)Nc3cccc(-c4cccc(F)c4F)c32)[nH]c2c1C(=O)N(CCN1CCOCC1)CCC2. The van der Waals surface area contributed by atoms with Gasteiger partial charge in [0.1, 0.15) is 0 Å². The number of aromatic nitrogens is 1. The van der Waals surface area contributed by atoms with E-state index in [0.29, 0.717) is 46.7 Å². The van der Waals surface area contributed by atoms with Crippen LogP contribution in [0.4, 0.5) is 14.5 Å². The number of fused-ring (bicyclic) bond motifs is 2. The van der Waals surface area contributed by atoms with Crippen molar-refractivity contribution in [3.05, 3.63) is 76.1 Å². The van der Waals surface area contributed by atoms with E-state index in [9.17, 15) is 18.4 Å². The highest BCUT2D eigenvalue weighted by Crippen LogP contribution is 2.42. The summed E-state index contributed by atoms with van der Waals surface area (Å²) in [4.78, 5) is 34.3. The first-order valence-electron chi connectivity index (χ1n) is 13.3. The normalized spacial score (nSPS) is 18.7. The number of rotatable bonds is 5. The van der Waals surface area contributed by atoms with Crippen molar-refractivity contribution in [1.29, 1.82) is 0 Å². The van der Waals surface area contributed by atoms with Crippen LogP contribution in [0.1, 0.15) is 39.3 Å². The number of ether oxygens (including phenoxy) is 1. The molecule has 0 aliphatic carbocycles. The van der Waals surface area contributed by atoms with E-state index in [2.05, 4.69) is 15.2 Å². The third-order valence-electron chi connectivity index (χ3n) is 7.87. The molecule has 3 aliphatic heterocycles. The van der Waals surface area contributed by atoms with Crippen LogP contribution >= 0.6 is 0 Å². The van der Waals surface area contributed by atoms with Gasteiger partial charge in [0, 0.05) is 60.9 Å². The second-order valence-corrected chi connectivity index (χ2v) is 10.2. The van der Waals surface area contributed by atoms with Gasteiger partial charge in [-0.3, -0.25) is 14.5 Å². The molecule has 3 aromatic rings. The van der Waals surface area contributed by atoms with E-state index in [0.717, 1.165) is 63.0 Å².